The van der Waals surface area contributed by atoms with E-state index in [4.69, 9.17) is 11.0 Å². The molecule has 3 atom stereocenters. The normalized spacial score (nSPS) is 15.8. The minimum atomic E-state index is -0.243. The van der Waals surface area contributed by atoms with Crippen LogP contribution >= 0.6 is 0 Å². The Hall–Kier alpha value is -1.44. The molecule has 0 spiro atoms. The van der Waals surface area contributed by atoms with E-state index in [0.717, 1.165) is 6.54 Å². The highest BCUT2D eigenvalue weighted by atomic mass is 19.1. The number of rotatable bonds is 6. The van der Waals surface area contributed by atoms with Crippen LogP contribution in [0.4, 0.5) is 4.39 Å². The number of benzene rings is 1. The Morgan fingerprint density at radius 1 is 1.37 bits per heavy atom. The van der Waals surface area contributed by atoms with Gasteiger partial charge in [0.25, 0.3) is 0 Å². The Balaban J connectivity index is 3.06. The molecule has 0 heterocycles. The van der Waals surface area contributed by atoms with Crippen LogP contribution in [0.15, 0.2) is 24.3 Å². The van der Waals surface area contributed by atoms with Crippen molar-refractivity contribution in [1.82, 2.24) is 4.90 Å². The molecule has 0 aliphatic heterocycles. The van der Waals surface area contributed by atoms with Crippen molar-refractivity contribution >= 4 is 0 Å². The maximum atomic E-state index is 14.0. The molecular formula is C15H22FN3. The molecule has 0 aliphatic carbocycles. The first kappa shape index (κ1) is 15.6. The summed E-state index contributed by atoms with van der Waals surface area (Å²) in [6.07, 6.45) is 0. The van der Waals surface area contributed by atoms with Gasteiger partial charge in [0.1, 0.15) is 5.82 Å². The van der Waals surface area contributed by atoms with E-state index in [1.165, 1.54) is 6.07 Å². The van der Waals surface area contributed by atoms with Gasteiger partial charge in [-0.2, -0.15) is 5.26 Å². The van der Waals surface area contributed by atoms with E-state index in [2.05, 4.69) is 11.0 Å². The number of likely N-dealkylation sites (N-methyl/N-ethyl adjacent to an activating group) is 1. The van der Waals surface area contributed by atoms with Crippen LogP contribution in [-0.4, -0.2) is 24.0 Å². The van der Waals surface area contributed by atoms with Gasteiger partial charge in [-0.25, -0.2) is 4.39 Å². The summed E-state index contributed by atoms with van der Waals surface area (Å²) in [7, 11) is 0. The lowest BCUT2D eigenvalue weighted by atomic mass is 9.97. The summed E-state index contributed by atoms with van der Waals surface area (Å²) in [4.78, 5) is 2.07. The Morgan fingerprint density at radius 2 is 2.00 bits per heavy atom. The molecule has 0 fully saturated rings. The van der Waals surface area contributed by atoms with Crippen molar-refractivity contribution in [3.8, 4) is 6.07 Å². The number of nitrogens with zero attached hydrogens (tertiary/aromatic N) is 2. The Bertz CT molecular complexity index is 439. The molecule has 0 saturated heterocycles. The molecule has 2 N–H and O–H groups in total. The maximum Gasteiger partial charge on any atom is 0.128 e. The quantitative estimate of drug-likeness (QED) is 0.858. The van der Waals surface area contributed by atoms with Gasteiger partial charge in [-0.1, -0.05) is 25.1 Å². The molecular weight excluding hydrogens is 241 g/mol. The molecule has 1 aromatic carbocycles. The van der Waals surface area contributed by atoms with Crippen molar-refractivity contribution in [2.75, 3.05) is 13.1 Å². The van der Waals surface area contributed by atoms with Crippen LogP contribution in [0.25, 0.3) is 0 Å². The SMILES string of the molecule is CCN(CC(C)C#N)C(c1ccccc1F)C(C)N. The van der Waals surface area contributed by atoms with Gasteiger partial charge in [0.05, 0.1) is 18.0 Å². The molecule has 0 aromatic heterocycles. The maximum absolute atomic E-state index is 14.0. The lowest BCUT2D eigenvalue weighted by molar-refractivity contribution is 0.169. The highest BCUT2D eigenvalue weighted by Crippen LogP contribution is 2.26. The first-order valence-corrected chi connectivity index (χ1v) is 6.64. The molecule has 0 saturated carbocycles. The molecule has 3 nitrogen and oxygen atoms in total. The predicted molar refractivity (Wildman–Crippen MR) is 74.8 cm³/mol. The van der Waals surface area contributed by atoms with Crippen LogP contribution in [-0.2, 0) is 0 Å². The smallest absolute Gasteiger partial charge is 0.128 e. The number of hydrogen-bond acceptors (Lipinski definition) is 3. The summed E-state index contributed by atoms with van der Waals surface area (Å²) < 4.78 is 14.0. The van der Waals surface area contributed by atoms with Gasteiger partial charge in [-0.05, 0) is 26.5 Å². The molecule has 104 valence electrons. The van der Waals surface area contributed by atoms with E-state index < -0.39 is 0 Å². The zero-order chi connectivity index (χ0) is 14.4. The number of hydrogen-bond donors (Lipinski definition) is 1. The summed E-state index contributed by atoms with van der Waals surface area (Å²) in [6.45, 7) is 7.06. The van der Waals surface area contributed by atoms with E-state index in [1.807, 2.05) is 26.8 Å². The lowest BCUT2D eigenvalue weighted by Gasteiger charge is -2.34. The van der Waals surface area contributed by atoms with Crippen molar-refractivity contribution < 1.29 is 4.39 Å². The van der Waals surface area contributed by atoms with E-state index in [1.54, 1.807) is 12.1 Å². The minimum absolute atomic E-state index is 0.104. The van der Waals surface area contributed by atoms with Gasteiger partial charge in [0.2, 0.25) is 0 Å². The topological polar surface area (TPSA) is 53.0 Å². The number of nitrogens with two attached hydrogens (primary N) is 1. The van der Waals surface area contributed by atoms with Crippen molar-refractivity contribution in [2.45, 2.75) is 32.9 Å². The van der Waals surface area contributed by atoms with Crippen LogP contribution < -0.4 is 5.73 Å². The molecule has 0 bridgehead atoms. The van der Waals surface area contributed by atoms with Crippen molar-refractivity contribution in [1.29, 1.82) is 5.26 Å². The highest BCUT2D eigenvalue weighted by molar-refractivity contribution is 5.22. The second-order valence-corrected chi connectivity index (χ2v) is 4.94. The Labute approximate surface area is 114 Å². The average molecular weight is 263 g/mol. The first-order valence-electron chi connectivity index (χ1n) is 6.64. The molecule has 1 aromatic rings. The fourth-order valence-electron chi connectivity index (χ4n) is 2.36. The molecule has 0 amide bonds. The van der Waals surface area contributed by atoms with Crippen LogP contribution in [0.3, 0.4) is 0 Å². The molecule has 3 unspecified atom stereocenters. The standard InChI is InChI=1S/C15H22FN3/c1-4-19(10-11(2)9-17)15(12(3)18)13-7-5-6-8-14(13)16/h5-8,11-12,15H,4,10,18H2,1-3H3. The molecule has 1 rings (SSSR count). The molecule has 4 heteroatoms. The summed E-state index contributed by atoms with van der Waals surface area (Å²) >= 11 is 0. The molecule has 19 heavy (non-hydrogen) atoms. The largest absolute Gasteiger partial charge is 0.326 e. The fraction of sp³-hybridized carbons (Fsp3) is 0.533. The third-order valence-electron chi connectivity index (χ3n) is 3.25. The van der Waals surface area contributed by atoms with Crippen molar-refractivity contribution in [3.63, 3.8) is 0 Å². The Kier molecular flexibility index (Phi) is 5.94. The van der Waals surface area contributed by atoms with Crippen molar-refractivity contribution in [2.24, 2.45) is 11.7 Å². The monoisotopic (exact) mass is 263 g/mol. The van der Waals surface area contributed by atoms with Gasteiger partial charge in [-0.15, -0.1) is 0 Å². The zero-order valence-electron chi connectivity index (χ0n) is 11.8. The summed E-state index contributed by atoms with van der Waals surface area (Å²) in [5.41, 5.74) is 6.64. The number of halogens is 1. The third-order valence-corrected chi connectivity index (χ3v) is 3.25. The van der Waals surface area contributed by atoms with E-state index in [9.17, 15) is 4.39 Å². The average Bonchev–Trinajstić information content (AvgIpc) is 2.39. The van der Waals surface area contributed by atoms with Crippen LogP contribution in [0, 0.1) is 23.1 Å². The van der Waals surface area contributed by atoms with Crippen molar-refractivity contribution in [3.05, 3.63) is 35.6 Å². The predicted octanol–water partition coefficient (Wildman–Crippen LogP) is 2.70. The lowest BCUT2D eigenvalue weighted by Crippen LogP contribution is -2.41. The van der Waals surface area contributed by atoms with Crippen LogP contribution in [0.2, 0.25) is 0 Å². The van der Waals surface area contributed by atoms with Gasteiger partial charge in [0, 0.05) is 18.2 Å². The molecule has 0 radical (unpaired) electrons. The first-order chi connectivity index (χ1) is 9.01. The Morgan fingerprint density at radius 3 is 2.47 bits per heavy atom. The fourth-order valence-corrected chi connectivity index (χ4v) is 2.36. The van der Waals surface area contributed by atoms with Gasteiger partial charge < -0.3 is 5.73 Å². The second kappa shape index (κ2) is 7.22. The van der Waals surface area contributed by atoms with E-state index in [0.29, 0.717) is 12.1 Å². The van der Waals surface area contributed by atoms with E-state index in [-0.39, 0.29) is 23.8 Å². The summed E-state index contributed by atoms with van der Waals surface area (Å²) in [5.74, 6) is -0.346. The summed E-state index contributed by atoms with van der Waals surface area (Å²) in [5, 5.41) is 8.94. The zero-order valence-corrected chi connectivity index (χ0v) is 11.8. The van der Waals surface area contributed by atoms with Crippen LogP contribution in [0.1, 0.15) is 32.4 Å². The minimum Gasteiger partial charge on any atom is -0.326 e. The van der Waals surface area contributed by atoms with Crippen LogP contribution in [0.5, 0.6) is 0 Å². The second-order valence-electron chi connectivity index (χ2n) is 4.94. The highest BCUT2D eigenvalue weighted by Gasteiger charge is 2.26. The third kappa shape index (κ3) is 4.02. The van der Waals surface area contributed by atoms with Gasteiger partial charge >= 0.3 is 0 Å². The van der Waals surface area contributed by atoms with Gasteiger partial charge in [0.15, 0.2) is 0 Å². The van der Waals surface area contributed by atoms with E-state index >= 15 is 0 Å². The summed E-state index contributed by atoms with van der Waals surface area (Å²) in [6, 6.07) is 8.51. The number of nitriles is 1. The van der Waals surface area contributed by atoms with Gasteiger partial charge in [-0.3, -0.25) is 4.90 Å². The molecule has 0 aliphatic rings.